The number of rotatable bonds is 7. The molecule has 1 fully saturated rings. The van der Waals surface area contributed by atoms with E-state index in [-0.39, 0.29) is 0 Å². The summed E-state index contributed by atoms with van der Waals surface area (Å²) in [5.74, 6) is 0.758. The Kier molecular flexibility index (Phi) is 6.32. The van der Waals surface area contributed by atoms with Crippen molar-refractivity contribution < 1.29 is 4.74 Å². The molecule has 0 spiro atoms. The summed E-state index contributed by atoms with van der Waals surface area (Å²) in [6.07, 6.45) is 5.74. The van der Waals surface area contributed by atoms with E-state index in [0.29, 0.717) is 12.1 Å². The maximum absolute atomic E-state index is 6.23. The van der Waals surface area contributed by atoms with Crippen molar-refractivity contribution in [3.05, 3.63) is 0 Å². The Morgan fingerprint density at radius 3 is 2.50 bits per heavy atom. The second-order valence-electron chi connectivity index (χ2n) is 5.39. The molecule has 0 aliphatic heterocycles. The van der Waals surface area contributed by atoms with Gasteiger partial charge in [-0.15, -0.1) is 0 Å². The number of nitrogens with zero attached hydrogens (tertiary/aromatic N) is 1. The highest BCUT2D eigenvalue weighted by Crippen LogP contribution is 2.26. The van der Waals surface area contributed by atoms with Crippen LogP contribution in [0, 0.1) is 5.92 Å². The molecule has 1 saturated carbocycles. The highest BCUT2D eigenvalue weighted by Gasteiger charge is 2.22. The van der Waals surface area contributed by atoms with E-state index in [0.717, 1.165) is 25.6 Å². The maximum atomic E-state index is 6.23. The minimum absolute atomic E-state index is 0.330. The van der Waals surface area contributed by atoms with Crippen LogP contribution in [-0.2, 0) is 4.74 Å². The first-order valence-electron chi connectivity index (χ1n) is 6.65. The largest absolute Gasteiger partial charge is 0.377 e. The molecule has 0 aromatic heterocycles. The Labute approximate surface area is 100 Å². The lowest BCUT2D eigenvalue weighted by Gasteiger charge is -2.25. The van der Waals surface area contributed by atoms with Gasteiger partial charge in [-0.1, -0.05) is 12.8 Å². The molecular formula is C13H28N2O. The van der Waals surface area contributed by atoms with Crippen molar-refractivity contribution in [1.29, 1.82) is 0 Å². The molecule has 96 valence electrons. The molecule has 0 aromatic rings. The van der Waals surface area contributed by atoms with Gasteiger partial charge >= 0.3 is 0 Å². The van der Waals surface area contributed by atoms with Gasteiger partial charge in [-0.05, 0) is 39.7 Å². The fraction of sp³-hybridized carbons (Fsp3) is 1.00. The minimum atomic E-state index is 0.330. The molecule has 1 unspecified atom stereocenters. The molecule has 3 nitrogen and oxygen atoms in total. The van der Waals surface area contributed by atoms with E-state index in [4.69, 9.17) is 10.5 Å². The Balaban J connectivity index is 2.10. The van der Waals surface area contributed by atoms with E-state index in [1.165, 1.54) is 25.7 Å². The van der Waals surface area contributed by atoms with Gasteiger partial charge in [0.2, 0.25) is 0 Å². The summed E-state index contributed by atoms with van der Waals surface area (Å²) in [6.45, 7) is 6.95. The summed E-state index contributed by atoms with van der Waals surface area (Å²) in [6, 6.07) is 0.353. The monoisotopic (exact) mass is 228 g/mol. The summed E-state index contributed by atoms with van der Waals surface area (Å²) >= 11 is 0. The van der Waals surface area contributed by atoms with Gasteiger partial charge < -0.3 is 15.4 Å². The molecule has 16 heavy (non-hydrogen) atoms. The van der Waals surface area contributed by atoms with Crippen molar-refractivity contribution in [3.8, 4) is 0 Å². The summed E-state index contributed by atoms with van der Waals surface area (Å²) in [5.41, 5.74) is 6.23. The van der Waals surface area contributed by atoms with E-state index < -0.39 is 0 Å². The van der Waals surface area contributed by atoms with Crippen molar-refractivity contribution in [1.82, 2.24) is 4.90 Å². The lowest BCUT2D eigenvalue weighted by Crippen LogP contribution is -2.41. The molecule has 0 amide bonds. The van der Waals surface area contributed by atoms with Crippen molar-refractivity contribution in [3.63, 3.8) is 0 Å². The molecule has 0 bridgehead atoms. The summed E-state index contributed by atoms with van der Waals surface area (Å²) in [7, 11) is 2.14. The van der Waals surface area contributed by atoms with E-state index in [9.17, 15) is 0 Å². The molecule has 1 atom stereocenters. The van der Waals surface area contributed by atoms with Crippen LogP contribution in [0.5, 0.6) is 0 Å². The Bertz CT molecular complexity index is 179. The topological polar surface area (TPSA) is 38.5 Å². The SMILES string of the molecule is CC(C)OCCN(C)CC(N)C1CCCC1. The van der Waals surface area contributed by atoms with Crippen LogP contribution in [0.25, 0.3) is 0 Å². The Hall–Kier alpha value is -0.120. The van der Waals surface area contributed by atoms with Crippen LogP contribution < -0.4 is 5.73 Å². The number of nitrogens with two attached hydrogens (primary N) is 1. The first-order valence-corrected chi connectivity index (χ1v) is 6.65. The number of likely N-dealkylation sites (N-methyl/N-ethyl adjacent to an activating group) is 1. The third kappa shape index (κ3) is 5.28. The second kappa shape index (κ2) is 7.25. The van der Waals surface area contributed by atoms with Crippen molar-refractivity contribution in [2.75, 3.05) is 26.7 Å². The summed E-state index contributed by atoms with van der Waals surface area (Å²) < 4.78 is 5.54. The normalized spacial score (nSPS) is 19.9. The van der Waals surface area contributed by atoms with Gasteiger partial charge in [-0.25, -0.2) is 0 Å². The minimum Gasteiger partial charge on any atom is -0.377 e. The van der Waals surface area contributed by atoms with E-state index in [2.05, 4.69) is 25.8 Å². The standard InChI is InChI=1S/C13H28N2O/c1-11(2)16-9-8-15(3)10-13(14)12-6-4-5-7-12/h11-13H,4-10,14H2,1-3H3. The lowest BCUT2D eigenvalue weighted by molar-refractivity contribution is 0.0619. The van der Waals surface area contributed by atoms with Gasteiger partial charge in [0, 0.05) is 19.1 Å². The van der Waals surface area contributed by atoms with Crippen LogP contribution in [0.4, 0.5) is 0 Å². The Morgan fingerprint density at radius 1 is 1.31 bits per heavy atom. The van der Waals surface area contributed by atoms with Crippen LogP contribution >= 0.6 is 0 Å². The van der Waals surface area contributed by atoms with Gasteiger partial charge in [0.25, 0.3) is 0 Å². The van der Waals surface area contributed by atoms with Gasteiger partial charge in [0.15, 0.2) is 0 Å². The molecule has 0 aromatic carbocycles. The highest BCUT2D eigenvalue weighted by atomic mass is 16.5. The van der Waals surface area contributed by atoms with Crippen LogP contribution in [-0.4, -0.2) is 43.8 Å². The molecule has 1 aliphatic rings. The van der Waals surface area contributed by atoms with Crippen LogP contribution in [0.3, 0.4) is 0 Å². The third-order valence-corrected chi connectivity index (χ3v) is 3.45. The quantitative estimate of drug-likeness (QED) is 0.723. The zero-order valence-corrected chi connectivity index (χ0v) is 11.1. The molecule has 3 heteroatoms. The third-order valence-electron chi connectivity index (χ3n) is 3.45. The van der Waals surface area contributed by atoms with E-state index >= 15 is 0 Å². The maximum Gasteiger partial charge on any atom is 0.0596 e. The highest BCUT2D eigenvalue weighted by molar-refractivity contribution is 4.79. The van der Waals surface area contributed by atoms with Gasteiger partial charge in [0.05, 0.1) is 12.7 Å². The van der Waals surface area contributed by atoms with Gasteiger partial charge in [-0.2, -0.15) is 0 Å². The lowest BCUT2D eigenvalue weighted by atomic mass is 9.99. The second-order valence-corrected chi connectivity index (χ2v) is 5.39. The molecule has 0 radical (unpaired) electrons. The average Bonchev–Trinajstić information content (AvgIpc) is 2.69. The first kappa shape index (κ1) is 13.9. The molecular weight excluding hydrogens is 200 g/mol. The molecule has 1 aliphatic carbocycles. The van der Waals surface area contributed by atoms with Crippen LogP contribution in [0.1, 0.15) is 39.5 Å². The zero-order valence-electron chi connectivity index (χ0n) is 11.1. The van der Waals surface area contributed by atoms with Gasteiger partial charge in [-0.3, -0.25) is 0 Å². The predicted octanol–water partition coefficient (Wildman–Crippen LogP) is 1.86. The van der Waals surface area contributed by atoms with Crippen molar-refractivity contribution in [2.24, 2.45) is 11.7 Å². The van der Waals surface area contributed by atoms with Crippen molar-refractivity contribution in [2.45, 2.75) is 51.7 Å². The van der Waals surface area contributed by atoms with E-state index in [1.807, 2.05) is 0 Å². The smallest absolute Gasteiger partial charge is 0.0596 e. The predicted molar refractivity (Wildman–Crippen MR) is 68.5 cm³/mol. The molecule has 1 rings (SSSR count). The van der Waals surface area contributed by atoms with Gasteiger partial charge in [0.1, 0.15) is 0 Å². The molecule has 2 N–H and O–H groups in total. The Morgan fingerprint density at radius 2 is 1.94 bits per heavy atom. The fourth-order valence-corrected chi connectivity index (χ4v) is 2.43. The number of hydrogen-bond donors (Lipinski definition) is 1. The fourth-order valence-electron chi connectivity index (χ4n) is 2.43. The number of ether oxygens (including phenoxy) is 1. The zero-order chi connectivity index (χ0) is 12.0. The summed E-state index contributed by atoms with van der Waals surface area (Å²) in [4.78, 5) is 2.30. The molecule has 0 heterocycles. The van der Waals surface area contributed by atoms with Crippen LogP contribution in [0.2, 0.25) is 0 Å². The van der Waals surface area contributed by atoms with Crippen molar-refractivity contribution >= 4 is 0 Å². The summed E-state index contributed by atoms with van der Waals surface area (Å²) in [5, 5.41) is 0. The van der Waals surface area contributed by atoms with Crippen LogP contribution in [0.15, 0.2) is 0 Å². The van der Waals surface area contributed by atoms with E-state index in [1.54, 1.807) is 0 Å². The number of hydrogen-bond acceptors (Lipinski definition) is 3. The first-order chi connectivity index (χ1) is 7.59. The average molecular weight is 228 g/mol. The molecule has 0 saturated heterocycles.